The molecular weight excluding hydrogens is 407 g/mol. The Morgan fingerprint density at radius 1 is 1.03 bits per heavy atom. The first-order valence-electron chi connectivity index (χ1n) is 9.73. The number of nitrogens with zero attached hydrogens (tertiary/aromatic N) is 2. The van der Waals surface area contributed by atoms with E-state index in [0.29, 0.717) is 18.7 Å². The van der Waals surface area contributed by atoms with Crippen LogP contribution in [0.2, 0.25) is 0 Å². The zero-order valence-electron chi connectivity index (χ0n) is 17.0. The Balaban J connectivity index is 1.87. The number of rotatable bonds is 4. The minimum Gasteiger partial charge on any atom is -0.419 e. The van der Waals surface area contributed by atoms with E-state index in [2.05, 4.69) is 4.98 Å². The first-order valence-corrected chi connectivity index (χ1v) is 11.2. The summed E-state index contributed by atoms with van der Waals surface area (Å²) in [4.78, 5) is 6.22. The Bertz CT molecular complexity index is 1150. The number of hydrogen-bond donors (Lipinski definition) is 0. The van der Waals surface area contributed by atoms with Crippen molar-refractivity contribution in [2.24, 2.45) is 0 Å². The highest BCUT2D eigenvalue weighted by Gasteiger charge is 2.34. The third-order valence-corrected chi connectivity index (χ3v) is 6.71. The lowest BCUT2D eigenvalue weighted by Crippen LogP contribution is -2.45. The Kier molecular flexibility index (Phi) is 5.38. The van der Waals surface area contributed by atoms with Crippen LogP contribution in [0.3, 0.4) is 0 Å². The quantitative estimate of drug-likeness (QED) is 0.577. The first kappa shape index (κ1) is 20.6. The molecule has 0 saturated carbocycles. The number of ether oxygens (including phenoxy) is 1. The van der Waals surface area contributed by atoms with Gasteiger partial charge in [0.1, 0.15) is 5.82 Å². The van der Waals surface area contributed by atoms with Crippen molar-refractivity contribution in [3.63, 3.8) is 0 Å². The Morgan fingerprint density at radius 2 is 1.67 bits per heavy atom. The maximum atomic E-state index is 13.4. The van der Waals surface area contributed by atoms with Crippen LogP contribution in [0.1, 0.15) is 19.4 Å². The molecule has 0 spiro atoms. The smallest absolute Gasteiger partial charge is 0.236 e. The van der Waals surface area contributed by atoms with Gasteiger partial charge in [-0.2, -0.15) is 4.98 Å². The lowest BCUT2D eigenvalue weighted by molar-refractivity contribution is -0.00657. The third-order valence-electron chi connectivity index (χ3n) is 5.04. The van der Waals surface area contributed by atoms with Crippen LogP contribution in [0, 0.1) is 12.7 Å². The van der Waals surface area contributed by atoms with Crippen molar-refractivity contribution >= 4 is 15.7 Å². The summed E-state index contributed by atoms with van der Waals surface area (Å²) < 4.78 is 52.0. The van der Waals surface area contributed by atoms with E-state index in [1.54, 1.807) is 0 Å². The molecule has 1 saturated heterocycles. The number of morpholine rings is 1. The molecule has 1 aromatic heterocycles. The Morgan fingerprint density at radius 3 is 2.30 bits per heavy atom. The first-order chi connectivity index (χ1) is 14.3. The van der Waals surface area contributed by atoms with Crippen LogP contribution < -0.4 is 4.90 Å². The highest BCUT2D eigenvalue weighted by molar-refractivity contribution is 7.91. The van der Waals surface area contributed by atoms with E-state index < -0.39 is 15.7 Å². The number of aryl methyl sites for hydroxylation is 1. The molecule has 1 aliphatic rings. The van der Waals surface area contributed by atoms with Gasteiger partial charge in [0.25, 0.3) is 0 Å². The maximum absolute atomic E-state index is 13.4. The van der Waals surface area contributed by atoms with Gasteiger partial charge in [0.15, 0.2) is 0 Å². The number of aromatic nitrogens is 1. The predicted molar refractivity (Wildman–Crippen MR) is 111 cm³/mol. The van der Waals surface area contributed by atoms with E-state index in [0.717, 1.165) is 17.7 Å². The van der Waals surface area contributed by atoms with Gasteiger partial charge in [-0.15, -0.1) is 0 Å². The average molecular weight is 431 g/mol. The molecule has 2 atom stereocenters. The molecular formula is C22H23FN2O4S. The normalized spacial score (nSPS) is 19.8. The molecule has 2 aromatic carbocycles. The second-order valence-corrected chi connectivity index (χ2v) is 9.43. The number of halogens is 1. The van der Waals surface area contributed by atoms with Crippen molar-refractivity contribution in [2.45, 2.75) is 42.9 Å². The Hall–Kier alpha value is -2.71. The van der Waals surface area contributed by atoms with Gasteiger partial charge >= 0.3 is 0 Å². The third kappa shape index (κ3) is 3.85. The second kappa shape index (κ2) is 7.85. The van der Waals surface area contributed by atoms with E-state index in [-0.39, 0.29) is 33.9 Å². The van der Waals surface area contributed by atoms with Crippen molar-refractivity contribution < 1.29 is 22.0 Å². The van der Waals surface area contributed by atoms with E-state index in [1.807, 2.05) is 49.9 Å². The summed E-state index contributed by atoms with van der Waals surface area (Å²) in [5.74, 6) is -0.0964. The monoisotopic (exact) mass is 430 g/mol. The molecule has 1 aliphatic heterocycles. The fourth-order valence-corrected chi connectivity index (χ4v) is 4.99. The lowest BCUT2D eigenvalue weighted by Gasteiger charge is -2.35. The second-order valence-electron chi connectivity index (χ2n) is 7.56. The van der Waals surface area contributed by atoms with Crippen LogP contribution in [0.4, 0.5) is 10.3 Å². The van der Waals surface area contributed by atoms with Crippen molar-refractivity contribution in [1.29, 1.82) is 0 Å². The largest absolute Gasteiger partial charge is 0.419 e. The van der Waals surface area contributed by atoms with Crippen LogP contribution in [0.25, 0.3) is 11.5 Å². The molecule has 6 nitrogen and oxygen atoms in total. The van der Waals surface area contributed by atoms with E-state index in [4.69, 9.17) is 9.15 Å². The molecule has 0 radical (unpaired) electrons. The summed E-state index contributed by atoms with van der Waals surface area (Å²) in [6.07, 6.45) is -0.190. The molecule has 0 unspecified atom stereocenters. The van der Waals surface area contributed by atoms with E-state index in [9.17, 15) is 12.8 Å². The summed E-state index contributed by atoms with van der Waals surface area (Å²) >= 11 is 0. The van der Waals surface area contributed by atoms with Crippen molar-refractivity contribution in [3.05, 3.63) is 59.9 Å². The summed E-state index contributed by atoms with van der Waals surface area (Å²) in [5, 5.41) is -0.173. The molecule has 2 heterocycles. The molecule has 4 rings (SSSR count). The minimum atomic E-state index is -4.02. The van der Waals surface area contributed by atoms with Crippen LogP contribution in [0.15, 0.2) is 62.9 Å². The summed E-state index contributed by atoms with van der Waals surface area (Å²) in [6, 6.07) is 12.2. The van der Waals surface area contributed by atoms with Gasteiger partial charge in [-0.25, -0.2) is 12.8 Å². The van der Waals surface area contributed by atoms with Gasteiger partial charge in [-0.05, 0) is 56.7 Å². The molecule has 8 heteroatoms. The molecule has 30 heavy (non-hydrogen) atoms. The summed E-state index contributed by atoms with van der Waals surface area (Å²) in [5.41, 5.74) is 1.63. The molecule has 0 N–H and O–H groups in total. The number of oxazole rings is 1. The van der Waals surface area contributed by atoms with Gasteiger partial charge in [0.05, 0.1) is 17.1 Å². The van der Waals surface area contributed by atoms with Crippen molar-refractivity contribution in [2.75, 3.05) is 18.0 Å². The predicted octanol–water partition coefficient (Wildman–Crippen LogP) is 4.24. The van der Waals surface area contributed by atoms with Crippen LogP contribution in [0.5, 0.6) is 0 Å². The van der Waals surface area contributed by atoms with Gasteiger partial charge in [0.2, 0.25) is 26.6 Å². The average Bonchev–Trinajstić information content (AvgIpc) is 3.14. The van der Waals surface area contributed by atoms with Gasteiger partial charge in [-0.1, -0.05) is 18.2 Å². The van der Waals surface area contributed by atoms with Gasteiger partial charge < -0.3 is 14.1 Å². The molecule has 0 bridgehead atoms. The summed E-state index contributed by atoms with van der Waals surface area (Å²) in [7, 11) is -4.02. The number of sulfone groups is 1. The highest BCUT2D eigenvalue weighted by Crippen LogP contribution is 2.36. The fraction of sp³-hybridized carbons (Fsp3) is 0.318. The molecule has 0 amide bonds. The van der Waals surface area contributed by atoms with Gasteiger partial charge in [0, 0.05) is 18.7 Å². The summed E-state index contributed by atoms with van der Waals surface area (Å²) in [6.45, 7) is 6.70. The topological polar surface area (TPSA) is 72.6 Å². The zero-order chi connectivity index (χ0) is 21.5. The number of benzene rings is 2. The molecule has 158 valence electrons. The Labute approximate surface area is 175 Å². The van der Waals surface area contributed by atoms with Gasteiger partial charge in [-0.3, -0.25) is 0 Å². The number of hydrogen-bond acceptors (Lipinski definition) is 6. The standard InChI is InChI=1S/C22H23FN2O4S/c1-14-6-4-5-7-19(14)20-24-21(30(26,27)18-10-8-17(23)9-11-18)22(29-20)25-12-15(2)28-16(3)13-25/h4-11,15-16H,12-13H2,1-3H3/t15-,16-/m1/s1. The maximum Gasteiger partial charge on any atom is 0.236 e. The van der Waals surface area contributed by atoms with Crippen LogP contribution in [-0.4, -0.2) is 38.7 Å². The fourth-order valence-electron chi connectivity index (χ4n) is 3.67. The highest BCUT2D eigenvalue weighted by atomic mass is 32.2. The lowest BCUT2D eigenvalue weighted by atomic mass is 10.1. The van der Waals surface area contributed by atoms with E-state index >= 15 is 0 Å². The van der Waals surface area contributed by atoms with Crippen LogP contribution >= 0.6 is 0 Å². The van der Waals surface area contributed by atoms with Crippen molar-refractivity contribution in [1.82, 2.24) is 4.98 Å². The molecule has 1 fully saturated rings. The number of anilines is 1. The minimum absolute atomic E-state index is 0.0378. The molecule has 3 aromatic rings. The van der Waals surface area contributed by atoms with Crippen LogP contribution in [-0.2, 0) is 14.6 Å². The SMILES string of the molecule is Cc1ccccc1-c1nc(S(=O)(=O)c2ccc(F)cc2)c(N2C[C@@H](C)O[C@H](C)C2)o1. The van der Waals surface area contributed by atoms with E-state index in [1.165, 1.54) is 12.1 Å². The molecule has 0 aliphatic carbocycles. The van der Waals surface area contributed by atoms with Crippen molar-refractivity contribution in [3.8, 4) is 11.5 Å². The zero-order valence-corrected chi connectivity index (χ0v) is 17.8.